The fourth-order valence-corrected chi connectivity index (χ4v) is 3.16. The number of hydrogen-bond donors (Lipinski definition) is 0. The second-order valence-electron chi connectivity index (χ2n) is 5.75. The molecule has 2 atom stereocenters. The van der Waals surface area contributed by atoms with Crippen molar-refractivity contribution in [2.24, 2.45) is 0 Å². The zero-order valence-electron chi connectivity index (χ0n) is 14.1. The topological polar surface area (TPSA) is 93.2 Å². The van der Waals surface area contributed by atoms with Gasteiger partial charge in [-0.3, -0.25) is 9.59 Å². The van der Waals surface area contributed by atoms with E-state index in [9.17, 15) is 19.2 Å². The Hall–Kier alpha value is -2.29. The molecular weight excluding hydrogens is 348 g/mol. The maximum Gasteiger partial charge on any atom is 0.345 e. The van der Waals surface area contributed by atoms with Crippen molar-refractivity contribution < 1.29 is 28.9 Å². The summed E-state index contributed by atoms with van der Waals surface area (Å²) in [6.45, 7) is 10.4. The molecule has 8 nitrogen and oxygen atoms in total. The molecule has 2 unspecified atom stereocenters. The van der Waals surface area contributed by atoms with Gasteiger partial charge in [0.05, 0.1) is 11.4 Å². The van der Waals surface area contributed by atoms with Crippen molar-refractivity contribution in [2.75, 3.05) is 0 Å². The minimum Gasteiger partial charge on any atom is -0.332 e. The summed E-state index contributed by atoms with van der Waals surface area (Å²) in [6.07, 6.45) is 1.41. The first-order valence-corrected chi connectivity index (χ1v) is 8.75. The van der Waals surface area contributed by atoms with Gasteiger partial charge in [0.1, 0.15) is 10.5 Å². The van der Waals surface area contributed by atoms with Crippen molar-refractivity contribution in [3.63, 3.8) is 0 Å². The molecular formula is C16H20N2O6S. The molecule has 2 aliphatic rings. The van der Waals surface area contributed by atoms with Crippen molar-refractivity contribution in [1.82, 2.24) is 10.1 Å². The number of rotatable bonds is 6. The number of carbonyl (C=O) groups is 4. The summed E-state index contributed by atoms with van der Waals surface area (Å²) < 4.78 is 0. The maximum atomic E-state index is 12.1. The van der Waals surface area contributed by atoms with Crippen LogP contribution in [0.1, 0.15) is 39.5 Å². The van der Waals surface area contributed by atoms with Gasteiger partial charge in [0, 0.05) is 12.8 Å². The molecule has 136 valence electrons. The van der Waals surface area contributed by atoms with Crippen LogP contribution in [0.3, 0.4) is 0 Å². The Bertz CT molecular complexity index is 561. The average Bonchev–Trinajstić information content (AvgIpc) is 3.04. The van der Waals surface area contributed by atoms with Crippen LogP contribution in [0.15, 0.2) is 24.6 Å². The van der Waals surface area contributed by atoms with Crippen molar-refractivity contribution in [3.8, 4) is 0 Å². The van der Waals surface area contributed by atoms with Crippen LogP contribution in [0, 0.1) is 0 Å². The predicted molar refractivity (Wildman–Crippen MR) is 89.1 cm³/mol. The lowest BCUT2D eigenvalue weighted by atomic mass is 10.3. The van der Waals surface area contributed by atoms with Gasteiger partial charge in [0.25, 0.3) is 11.8 Å². The number of carbonyl (C=O) groups excluding carboxylic acids is 4. The third-order valence-corrected chi connectivity index (χ3v) is 4.92. The number of nitrogens with zero attached hydrogens (tertiary/aromatic N) is 2. The van der Waals surface area contributed by atoms with E-state index >= 15 is 0 Å². The van der Waals surface area contributed by atoms with E-state index in [4.69, 9.17) is 9.68 Å². The van der Waals surface area contributed by atoms with Crippen molar-refractivity contribution in [1.29, 1.82) is 0 Å². The maximum absolute atomic E-state index is 12.1. The zero-order valence-corrected chi connectivity index (χ0v) is 15.0. The molecule has 0 saturated carbocycles. The minimum absolute atomic E-state index is 0.254. The van der Waals surface area contributed by atoms with Gasteiger partial charge in [0.15, 0.2) is 0 Å². The second kappa shape index (κ2) is 7.73. The minimum atomic E-state index is -0.721. The fraction of sp³-hybridized carbons (Fsp3) is 0.500. The molecule has 2 rings (SSSR count). The second-order valence-corrected chi connectivity index (χ2v) is 7.44. The number of hydrogen-bond acceptors (Lipinski definition) is 7. The van der Waals surface area contributed by atoms with Gasteiger partial charge in [0.2, 0.25) is 0 Å². The lowest BCUT2D eigenvalue weighted by Gasteiger charge is -2.21. The van der Waals surface area contributed by atoms with E-state index in [2.05, 4.69) is 13.2 Å². The molecule has 0 N–H and O–H groups in total. The molecule has 2 heterocycles. The van der Waals surface area contributed by atoms with Crippen LogP contribution in [0.5, 0.6) is 0 Å². The van der Waals surface area contributed by atoms with Crippen molar-refractivity contribution in [2.45, 2.75) is 50.0 Å². The Morgan fingerprint density at radius 3 is 1.52 bits per heavy atom. The van der Waals surface area contributed by atoms with Gasteiger partial charge >= 0.3 is 11.9 Å². The van der Waals surface area contributed by atoms with Crippen molar-refractivity contribution in [3.05, 3.63) is 24.6 Å². The van der Waals surface area contributed by atoms with Crippen LogP contribution in [-0.4, -0.2) is 44.4 Å². The highest BCUT2D eigenvalue weighted by molar-refractivity contribution is 8.01. The van der Waals surface area contributed by atoms with Crippen LogP contribution in [0.4, 0.5) is 0 Å². The summed E-state index contributed by atoms with van der Waals surface area (Å²) in [5.74, 6) is -1.98. The van der Waals surface area contributed by atoms with E-state index < -0.39 is 22.4 Å². The van der Waals surface area contributed by atoms with Gasteiger partial charge in [-0.05, 0) is 26.7 Å². The largest absolute Gasteiger partial charge is 0.345 e. The summed E-state index contributed by atoms with van der Waals surface area (Å²) in [5.41, 5.74) is 0.850. The summed E-state index contributed by atoms with van der Waals surface area (Å²) >= 11 is 1.00. The van der Waals surface area contributed by atoms with Gasteiger partial charge in [-0.25, -0.2) is 9.59 Å². The van der Waals surface area contributed by atoms with E-state index in [1.54, 1.807) is 13.8 Å². The smallest absolute Gasteiger partial charge is 0.332 e. The lowest BCUT2D eigenvalue weighted by molar-refractivity contribution is -0.186. The van der Waals surface area contributed by atoms with Crippen LogP contribution >= 0.6 is 11.8 Å². The molecule has 2 saturated heterocycles. The normalized spacial score (nSPS) is 20.1. The molecule has 0 bridgehead atoms. The van der Waals surface area contributed by atoms with Gasteiger partial charge in [-0.1, -0.05) is 13.2 Å². The first kappa shape index (κ1) is 19.0. The molecule has 0 aromatic rings. The first-order chi connectivity index (χ1) is 11.7. The van der Waals surface area contributed by atoms with Crippen LogP contribution in [0.2, 0.25) is 0 Å². The van der Waals surface area contributed by atoms with E-state index in [0.29, 0.717) is 24.2 Å². The molecule has 0 aromatic heterocycles. The van der Waals surface area contributed by atoms with E-state index in [1.165, 1.54) is 0 Å². The Kier molecular flexibility index (Phi) is 5.89. The van der Waals surface area contributed by atoms with Crippen LogP contribution < -0.4 is 0 Å². The third-order valence-electron chi connectivity index (χ3n) is 3.72. The Morgan fingerprint density at radius 2 is 1.24 bits per heavy atom. The number of amides is 2. The zero-order chi connectivity index (χ0) is 18.7. The summed E-state index contributed by atoms with van der Waals surface area (Å²) in [6, 6.07) is 0. The molecule has 2 fully saturated rings. The highest BCUT2D eigenvalue weighted by Gasteiger charge is 2.33. The lowest BCUT2D eigenvalue weighted by Crippen LogP contribution is -2.34. The SMILES string of the molecule is C=C1CCC(=O)N1OC(=O)C(C)SC(C)C(=O)ON1C(=C)CCC1=O. The molecule has 0 aromatic carbocycles. The Morgan fingerprint density at radius 1 is 0.880 bits per heavy atom. The van der Waals surface area contributed by atoms with Gasteiger partial charge < -0.3 is 9.68 Å². The van der Waals surface area contributed by atoms with Gasteiger partial charge in [-0.2, -0.15) is 0 Å². The summed E-state index contributed by atoms with van der Waals surface area (Å²) in [5, 5.41) is 0.354. The number of allylic oxidation sites excluding steroid dienone is 2. The standard InChI is InChI=1S/C16H20N2O6S/c1-9-5-7-13(19)17(9)23-15(21)11(3)25-12(4)16(22)24-18-10(2)6-8-14(18)20/h11-12H,1-2,5-8H2,3-4H3. The van der Waals surface area contributed by atoms with Gasteiger partial charge in [-0.15, -0.1) is 21.9 Å². The quantitative estimate of drug-likeness (QED) is 0.704. The molecule has 9 heteroatoms. The summed E-state index contributed by atoms with van der Waals surface area (Å²) in [4.78, 5) is 57.4. The monoisotopic (exact) mass is 368 g/mol. The molecule has 25 heavy (non-hydrogen) atoms. The molecule has 2 aliphatic heterocycles. The Labute approximate surface area is 149 Å². The first-order valence-electron chi connectivity index (χ1n) is 7.81. The highest BCUT2D eigenvalue weighted by Crippen LogP contribution is 2.26. The van der Waals surface area contributed by atoms with E-state index in [-0.39, 0.29) is 24.7 Å². The summed E-state index contributed by atoms with van der Waals surface area (Å²) in [7, 11) is 0. The van der Waals surface area contributed by atoms with Crippen LogP contribution in [-0.2, 0) is 28.9 Å². The molecule has 0 spiro atoms. The number of hydroxylamine groups is 4. The number of thioether (sulfide) groups is 1. The molecule has 2 amide bonds. The molecule has 0 radical (unpaired) electrons. The molecule has 0 aliphatic carbocycles. The average molecular weight is 368 g/mol. The van der Waals surface area contributed by atoms with E-state index in [1.807, 2.05) is 0 Å². The Balaban J connectivity index is 1.85. The van der Waals surface area contributed by atoms with Crippen molar-refractivity contribution >= 4 is 35.5 Å². The fourth-order valence-electron chi connectivity index (χ4n) is 2.24. The third kappa shape index (κ3) is 4.41. The van der Waals surface area contributed by atoms with E-state index in [0.717, 1.165) is 21.9 Å². The predicted octanol–water partition coefficient (Wildman–Crippen LogP) is 1.69. The van der Waals surface area contributed by atoms with Crippen LogP contribution in [0.25, 0.3) is 0 Å². The highest BCUT2D eigenvalue weighted by atomic mass is 32.2.